The molecule has 14 heavy (non-hydrogen) atoms. The van der Waals surface area contributed by atoms with Gasteiger partial charge in [-0.15, -0.1) is 0 Å². The third-order valence-corrected chi connectivity index (χ3v) is 2.26. The molecule has 1 aromatic heterocycles. The van der Waals surface area contributed by atoms with Crippen LogP contribution in [0.4, 0.5) is 0 Å². The van der Waals surface area contributed by atoms with Crippen molar-refractivity contribution in [3.05, 3.63) is 24.0 Å². The summed E-state index contributed by atoms with van der Waals surface area (Å²) in [5.74, 6) is 0.166. The Kier molecular flexibility index (Phi) is 4.49. The zero-order chi connectivity index (χ0) is 10.4. The van der Waals surface area contributed by atoms with Crippen LogP contribution in [0.1, 0.15) is 25.0 Å². The predicted octanol–water partition coefficient (Wildman–Crippen LogP) is 1.18. The summed E-state index contributed by atoms with van der Waals surface area (Å²) >= 11 is 0. The van der Waals surface area contributed by atoms with E-state index >= 15 is 0 Å². The molecule has 0 fully saturated rings. The fraction of sp³-hybridized carbons (Fsp3) is 0.600. The Hall–Kier alpha value is -1.00. The Morgan fingerprint density at radius 2 is 2.29 bits per heavy atom. The van der Waals surface area contributed by atoms with Gasteiger partial charge in [-0.05, 0) is 18.4 Å². The average Bonchev–Trinajstić information content (AvgIpc) is 2.26. The van der Waals surface area contributed by atoms with Gasteiger partial charge in [0.25, 0.3) is 0 Å². The minimum atomic E-state index is -0.486. The van der Waals surface area contributed by atoms with E-state index in [2.05, 4.69) is 10.2 Å². The van der Waals surface area contributed by atoms with Crippen LogP contribution in [0, 0.1) is 5.92 Å². The summed E-state index contributed by atoms with van der Waals surface area (Å²) in [6, 6.07) is 1.78. The lowest BCUT2D eigenvalue weighted by molar-refractivity contribution is 0.0882. The number of aromatic nitrogens is 2. The maximum absolute atomic E-state index is 9.89. The minimum absolute atomic E-state index is 0.166. The SMILES string of the molecule is COCCC(C)C(O)c1ccnnc1. The lowest BCUT2D eigenvalue weighted by Gasteiger charge is -2.17. The van der Waals surface area contributed by atoms with Crippen molar-refractivity contribution in [1.82, 2.24) is 10.2 Å². The van der Waals surface area contributed by atoms with Crippen LogP contribution in [0.25, 0.3) is 0 Å². The molecule has 0 amide bonds. The van der Waals surface area contributed by atoms with E-state index in [1.165, 1.54) is 0 Å². The van der Waals surface area contributed by atoms with Crippen LogP contribution >= 0.6 is 0 Å². The van der Waals surface area contributed by atoms with Crippen LogP contribution in [0.2, 0.25) is 0 Å². The fourth-order valence-electron chi connectivity index (χ4n) is 1.27. The van der Waals surface area contributed by atoms with E-state index in [-0.39, 0.29) is 5.92 Å². The highest BCUT2D eigenvalue weighted by Crippen LogP contribution is 2.22. The third-order valence-electron chi connectivity index (χ3n) is 2.26. The summed E-state index contributed by atoms with van der Waals surface area (Å²) < 4.78 is 4.96. The molecular formula is C10H16N2O2. The van der Waals surface area contributed by atoms with E-state index in [0.29, 0.717) is 6.61 Å². The maximum Gasteiger partial charge on any atom is 0.0832 e. The second kappa shape index (κ2) is 5.67. The van der Waals surface area contributed by atoms with Gasteiger partial charge >= 0.3 is 0 Å². The van der Waals surface area contributed by atoms with Crippen LogP contribution in [0.5, 0.6) is 0 Å². The van der Waals surface area contributed by atoms with E-state index in [9.17, 15) is 5.11 Å². The highest BCUT2D eigenvalue weighted by molar-refractivity contribution is 5.09. The summed E-state index contributed by atoms with van der Waals surface area (Å²) in [6.45, 7) is 2.65. The van der Waals surface area contributed by atoms with Gasteiger partial charge in [0.1, 0.15) is 0 Å². The molecule has 1 heterocycles. The van der Waals surface area contributed by atoms with E-state index in [1.54, 1.807) is 25.6 Å². The number of methoxy groups -OCH3 is 1. The Morgan fingerprint density at radius 1 is 1.50 bits per heavy atom. The van der Waals surface area contributed by atoms with E-state index in [4.69, 9.17) is 4.74 Å². The summed E-state index contributed by atoms with van der Waals surface area (Å²) in [5.41, 5.74) is 0.809. The quantitative estimate of drug-likeness (QED) is 0.768. The van der Waals surface area contributed by atoms with E-state index < -0.39 is 6.10 Å². The van der Waals surface area contributed by atoms with Crippen LogP contribution in [0.3, 0.4) is 0 Å². The van der Waals surface area contributed by atoms with Crippen molar-refractivity contribution in [2.75, 3.05) is 13.7 Å². The topological polar surface area (TPSA) is 55.2 Å². The first kappa shape index (κ1) is 11.1. The van der Waals surface area contributed by atoms with Gasteiger partial charge in [-0.2, -0.15) is 10.2 Å². The molecule has 0 aromatic carbocycles. The van der Waals surface area contributed by atoms with Crippen molar-refractivity contribution in [2.45, 2.75) is 19.4 Å². The molecule has 4 heteroatoms. The smallest absolute Gasteiger partial charge is 0.0832 e. The number of ether oxygens (including phenoxy) is 1. The Bertz CT molecular complexity index is 254. The molecule has 0 radical (unpaired) electrons. The molecule has 0 saturated heterocycles. The van der Waals surface area contributed by atoms with Crippen LogP contribution in [0.15, 0.2) is 18.5 Å². The Labute approximate surface area is 83.9 Å². The standard InChI is InChI=1S/C10H16N2O2/c1-8(4-6-14-2)10(13)9-3-5-11-12-7-9/h3,5,7-8,10,13H,4,6H2,1-2H3. The van der Waals surface area contributed by atoms with E-state index in [0.717, 1.165) is 12.0 Å². The molecule has 0 saturated carbocycles. The number of hydrogen-bond donors (Lipinski definition) is 1. The molecule has 0 spiro atoms. The first-order valence-electron chi connectivity index (χ1n) is 4.69. The van der Waals surface area contributed by atoms with Gasteiger partial charge in [-0.3, -0.25) is 0 Å². The summed E-state index contributed by atoms with van der Waals surface area (Å²) in [6.07, 6.45) is 3.52. The highest BCUT2D eigenvalue weighted by atomic mass is 16.5. The van der Waals surface area contributed by atoms with Gasteiger partial charge in [0.05, 0.1) is 12.3 Å². The molecule has 1 rings (SSSR count). The summed E-state index contributed by atoms with van der Waals surface area (Å²) in [5, 5.41) is 17.3. The van der Waals surface area contributed by atoms with E-state index in [1.807, 2.05) is 6.92 Å². The minimum Gasteiger partial charge on any atom is -0.388 e. The van der Waals surface area contributed by atoms with Crippen LogP contribution in [-0.2, 0) is 4.74 Å². The molecule has 78 valence electrons. The molecule has 1 N–H and O–H groups in total. The zero-order valence-corrected chi connectivity index (χ0v) is 8.55. The normalized spacial score (nSPS) is 15.1. The molecular weight excluding hydrogens is 180 g/mol. The van der Waals surface area contributed by atoms with Gasteiger partial charge in [-0.1, -0.05) is 6.92 Å². The number of hydrogen-bond acceptors (Lipinski definition) is 4. The summed E-state index contributed by atoms with van der Waals surface area (Å²) in [7, 11) is 1.66. The zero-order valence-electron chi connectivity index (χ0n) is 8.55. The number of aliphatic hydroxyl groups excluding tert-OH is 1. The van der Waals surface area contributed by atoms with Gasteiger partial charge < -0.3 is 9.84 Å². The lowest BCUT2D eigenvalue weighted by atomic mass is 9.96. The van der Waals surface area contributed by atoms with Crippen LogP contribution in [-0.4, -0.2) is 29.0 Å². The van der Waals surface area contributed by atoms with Gasteiger partial charge in [0.2, 0.25) is 0 Å². The molecule has 1 aromatic rings. The van der Waals surface area contributed by atoms with Gasteiger partial charge in [-0.25, -0.2) is 0 Å². The predicted molar refractivity (Wildman–Crippen MR) is 52.6 cm³/mol. The largest absolute Gasteiger partial charge is 0.388 e. The monoisotopic (exact) mass is 196 g/mol. The molecule has 0 bridgehead atoms. The molecule has 0 aliphatic heterocycles. The average molecular weight is 196 g/mol. The first-order valence-corrected chi connectivity index (χ1v) is 4.69. The number of rotatable bonds is 5. The number of aliphatic hydroxyl groups is 1. The Balaban J connectivity index is 2.52. The number of nitrogens with zero attached hydrogens (tertiary/aromatic N) is 2. The van der Waals surface area contributed by atoms with Crippen molar-refractivity contribution in [2.24, 2.45) is 5.92 Å². The van der Waals surface area contributed by atoms with Crippen molar-refractivity contribution < 1.29 is 9.84 Å². The van der Waals surface area contributed by atoms with Gasteiger partial charge in [0.15, 0.2) is 0 Å². The van der Waals surface area contributed by atoms with Crippen molar-refractivity contribution in [3.8, 4) is 0 Å². The molecule has 4 nitrogen and oxygen atoms in total. The second-order valence-corrected chi connectivity index (χ2v) is 3.38. The maximum atomic E-state index is 9.89. The second-order valence-electron chi connectivity index (χ2n) is 3.38. The Morgan fingerprint density at radius 3 is 2.86 bits per heavy atom. The third kappa shape index (κ3) is 3.05. The molecule has 2 unspecified atom stereocenters. The van der Waals surface area contributed by atoms with Crippen molar-refractivity contribution in [1.29, 1.82) is 0 Å². The highest BCUT2D eigenvalue weighted by Gasteiger charge is 2.15. The molecule has 2 atom stereocenters. The van der Waals surface area contributed by atoms with Crippen molar-refractivity contribution >= 4 is 0 Å². The van der Waals surface area contributed by atoms with Crippen molar-refractivity contribution in [3.63, 3.8) is 0 Å². The lowest BCUT2D eigenvalue weighted by Crippen LogP contribution is -2.11. The first-order chi connectivity index (χ1) is 6.75. The van der Waals surface area contributed by atoms with Crippen LogP contribution < -0.4 is 0 Å². The molecule has 0 aliphatic rings. The molecule has 0 aliphatic carbocycles. The van der Waals surface area contributed by atoms with Gasteiger partial charge in [0, 0.05) is 25.5 Å². The fourth-order valence-corrected chi connectivity index (χ4v) is 1.27. The summed E-state index contributed by atoms with van der Waals surface area (Å²) in [4.78, 5) is 0.